The number of aromatic nitrogens is 2. The van der Waals surface area contributed by atoms with Crippen molar-refractivity contribution >= 4 is 21.9 Å². The van der Waals surface area contributed by atoms with Gasteiger partial charge in [0.1, 0.15) is 0 Å². The molecular weight excluding hydrogens is 326 g/mol. The van der Waals surface area contributed by atoms with E-state index >= 15 is 0 Å². The average Bonchev–Trinajstić information content (AvgIpc) is 2.83. The lowest BCUT2D eigenvalue weighted by Crippen LogP contribution is -2.24. The number of aryl methyl sites for hydroxylation is 2. The zero-order valence-corrected chi connectivity index (χ0v) is 14.3. The van der Waals surface area contributed by atoms with Crippen molar-refractivity contribution in [2.75, 3.05) is 5.32 Å². The van der Waals surface area contributed by atoms with Gasteiger partial charge in [0.2, 0.25) is 5.95 Å². The smallest absolute Gasteiger partial charge is 0.207 e. The molecule has 1 aromatic heterocycles. The monoisotopic (exact) mass is 347 g/mol. The van der Waals surface area contributed by atoms with Gasteiger partial charge in [-0.1, -0.05) is 31.4 Å². The molecule has 0 spiro atoms. The highest BCUT2D eigenvalue weighted by Gasteiger charge is 2.17. The highest BCUT2D eigenvalue weighted by molar-refractivity contribution is 9.10. The van der Waals surface area contributed by atoms with Gasteiger partial charge in [0.25, 0.3) is 0 Å². The fourth-order valence-electron chi connectivity index (χ4n) is 3.03. The second-order valence-corrected chi connectivity index (χ2v) is 6.76. The van der Waals surface area contributed by atoms with E-state index in [1.165, 1.54) is 37.7 Å². The van der Waals surface area contributed by atoms with Crippen LogP contribution in [-0.2, 0) is 0 Å². The van der Waals surface area contributed by atoms with Crippen molar-refractivity contribution < 1.29 is 0 Å². The lowest BCUT2D eigenvalue weighted by Gasteiger charge is -2.24. The summed E-state index contributed by atoms with van der Waals surface area (Å²) in [7, 11) is 0. The third-order valence-corrected chi connectivity index (χ3v) is 5.23. The zero-order chi connectivity index (χ0) is 14.8. The minimum absolute atomic E-state index is 0.558. The number of benzene rings is 1. The van der Waals surface area contributed by atoms with Gasteiger partial charge in [0.05, 0.1) is 11.4 Å². The molecule has 0 atom stereocenters. The predicted octanol–water partition coefficient (Wildman–Crippen LogP) is 5.00. The van der Waals surface area contributed by atoms with Crippen LogP contribution in [0.4, 0.5) is 5.95 Å². The van der Waals surface area contributed by atoms with Crippen molar-refractivity contribution in [1.82, 2.24) is 9.55 Å². The molecule has 0 amide bonds. The van der Waals surface area contributed by atoms with Gasteiger partial charge < -0.3 is 5.32 Å². The second-order valence-electron chi connectivity index (χ2n) is 5.96. The Hall–Kier alpha value is -1.29. The summed E-state index contributed by atoms with van der Waals surface area (Å²) in [4.78, 5) is 4.68. The maximum absolute atomic E-state index is 4.68. The molecule has 1 aromatic carbocycles. The van der Waals surface area contributed by atoms with Crippen molar-refractivity contribution in [3.63, 3.8) is 0 Å². The molecule has 3 nitrogen and oxygen atoms in total. The first-order valence-electron chi connectivity index (χ1n) is 7.73. The summed E-state index contributed by atoms with van der Waals surface area (Å²) in [6, 6.07) is 6.90. The molecule has 3 rings (SSSR count). The van der Waals surface area contributed by atoms with Crippen LogP contribution in [0.2, 0.25) is 0 Å². The van der Waals surface area contributed by atoms with Crippen LogP contribution in [-0.4, -0.2) is 15.6 Å². The van der Waals surface area contributed by atoms with Crippen LogP contribution in [0.1, 0.15) is 43.4 Å². The second kappa shape index (κ2) is 6.22. The zero-order valence-electron chi connectivity index (χ0n) is 12.7. The number of halogens is 1. The van der Waals surface area contributed by atoms with Gasteiger partial charge in [-0.25, -0.2) is 4.98 Å². The standard InChI is InChI=1S/C17H22BrN3/c1-12-7-6-10-15(16(12)18)21-11-13(2)19-17(21)20-14-8-4-3-5-9-14/h6-7,10-11,14H,3-5,8-9H2,1-2H3,(H,19,20). The molecule has 1 N–H and O–H groups in total. The average molecular weight is 348 g/mol. The first kappa shape index (κ1) is 14.6. The maximum atomic E-state index is 4.68. The Kier molecular flexibility index (Phi) is 4.34. The van der Waals surface area contributed by atoms with E-state index in [1.807, 2.05) is 6.92 Å². The van der Waals surface area contributed by atoms with Crippen LogP contribution < -0.4 is 5.32 Å². The molecule has 0 aliphatic heterocycles. The van der Waals surface area contributed by atoms with Crippen LogP contribution in [0.5, 0.6) is 0 Å². The summed E-state index contributed by atoms with van der Waals surface area (Å²) >= 11 is 3.71. The molecule has 1 saturated carbocycles. The molecule has 0 radical (unpaired) electrons. The topological polar surface area (TPSA) is 29.9 Å². The summed E-state index contributed by atoms with van der Waals surface area (Å²) in [5.41, 5.74) is 3.43. The fourth-order valence-corrected chi connectivity index (χ4v) is 3.49. The molecular formula is C17H22BrN3. The number of hydrogen-bond acceptors (Lipinski definition) is 2. The minimum Gasteiger partial charge on any atom is -0.353 e. The van der Waals surface area contributed by atoms with Gasteiger partial charge in [-0.15, -0.1) is 0 Å². The maximum Gasteiger partial charge on any atom is 0.207 e. The highest BCUT2D eigenvalue weighted by Crippen LogP contribution is 2.29. The molecule has 0 saturated heterocycles. The summed E-state index contributed by atoms with van der Waals surface area (Å²) in [5, 5.41) is 3.65. The SMILES string of the molecule is Cc1cn(-c2cccc(C)c2Br)c(NC2CCCCC2)n1. The first-order valence-corrected chi connectivity index (χ1v) is 8.52. The van der Waals surface area contributed by atoms with E-state index < -0.39 is 0 Å². The van der Waals surface area contributed by atoms with Crippen LogP contribution in [0.15, 0.2) is 28.9 Å². The molecule has 1 aliphatic carbocycles. The van der Waals surface area contributed by atoms with Crippen molar-refractivity contribution in [2.45, 2.75) is 52.0 Å². The summed E-state index contributed by atoms with van der Waals surface area (Å²) in [5.74, 6) is 0.964. The Labute approximate surface area is 134 Å². The van der Waals surface area contributed by atoms with E-state index in [0.29, 0.717) is 6.04 Å². The first-order chi connectivity index (χ1) is 10.1. The summed E-state index contributed by atoms with van der Waals surface area (Å²) in [6.07, 6.45) is 8.62. The van der Waals surface area contributed by atoms with Gasteiger partial charge >= 0.3 is 0 Å². The van der Waals surface area contributed by atoms with E-state index in [4.69, 9.17) is 0 Å². The number of anilines is 1. The number of nitrogens with one attached hydrogen (secondary N) is 1. The van der Waals surface area contributed by atoms with E-state index in [-0.39, 0.29) is 0 Å². The largest absolute Gasteiger partial charge is 0.353 e. The Morgan fingerprint density at radius 1 is 1.19 bits per heavy atom. The summed E-state index contributed by atoms with van der Waals surface area (Å²) in [6.45, 7) is 4.16. The number of rotatable bonds is 3. The van der Waals surface area contributed by atoms with Crippen LogP contribution in [0.3, 0.4) is 0 Å². The molecule has 2 aromatic rings. The Morgan fingerprint density at radius 2 is 1.95 bits per heavy atom. The van der Waals surface area contributed by atoms with Crippen LogP contribution in [0.25, 0.3) is 5.69 Å². The van der Waals surface area contributed by atoms with Crippen molar-refractivity contribution in [2.24, 2.45) is 0 Å². The lowest BCUT2D eigenvalue weighted by molar-refractivity contribution is 0.460. The van der Waals surface area contributed by atoms with E-state index in [1.54, 1.807) is 0 Å². The molecule has 1 heterocycles. The fraction of sp³-hybridized carbons (Fsp3) is 0.471. The molecule has 21 heavy (non-hydrogen) atoms. The van der Waals surface area contributed by atoms with Crippen LogP contribution >= 0.6 is 15.9 Å². The predicted molar refractivity (Wildman–Crippen MR) is 91.2 cm³/mol. The number of imidazole rings is 1. The molecule has 1 fully saturated rings. The third-order valence-electron chi connectivity index (χ3n) is 4.20. The van der Waals surface area contributed by atoms with Gasteiger partial charge in [-0.05, 0) is 54.2 Å². The van der Waals surface area contributed by atoms with E-state index in [0.717, 1.165) is 21.8 Å². The Balaban J connectivity index is 1.93. The van der Waals surface area contributed by atoms with Crippen LogP contribution in [0, 0.1) is 13.8 Å². The Bertz CT molecular complexity index is 627. The minimum atomic E-state index is 0.558. The Morgan fingerprint density at radius 3 is 2.71 bits per heavy atom. The molecule has 1 aliphatic rings. The van der Waals surface area contributed by atoms with E-state index in [2.05, 4.69) is 62.1 Å². The number of hydrogen-bond donors (Lipinski definition) is 1. The molecule has 0 unspecified atom stereocenters. The van der Waals surface area contributed by atoms with Gasteiger partial charge in [-0.2, -0.15) is 0 Å². The van der Waals surface area contributed by atoms with Gasteiger partial charge in [0.15, 0.2) is 0 Å². The number of nitrogens with zero attached hydrogens (tertiary/aromatic N) is 2. The van der Waals surface area contributed by atoms with E-state index in [9.17, 15) is 0 Å². The van der Waals surface area contributed by atoms with Crippen molar-refractivity contribution in [3.05, 3.63) is 40.1 Å². The van der Waals surface area contributed by atoms with Gasteiger partial charge in [-0.3, -0.25) is 4.57 Å². The quantitative estimate of drug-likeness (QED) is 0.846. The van der Waals surface area contributed by atoms with Gasteiger partial charge in [0, 0.05) is 16.7 Å². The molecule has 112 valence electrons. The normalized spacial score (nSPS) is 16.1. The van der Waals surface area contributed by atoms with Crippen molar-refractivity contribution in [3.8, 4) is 5.69 Å². The molecule has 0 bridgehead atoms. The lowest BCUT2D eigenvalue weighted by atomic mass is 9.96. The highest BCUT2D eigenvalue weighted by atomic mass is 79.9. The molecule has 4 heteroatoms. The third kappa shape index (κ3) is 3.15. The van der Waals surface area contributed by atoms with Crippen molar-refractivity contribution in [1.29, 1.82) is 0 Å². The summed E-state index contributed by atoms with van der Waals surface area (Å²) < 4.78 is 3.30.